The standard InChI is InChI=1S/C15H21BrO2S/c1-11-9-12(16)13(19-11)5-8-15(10-14(17)18)6-3-2-4-7-15/h9H,2-8,10H2,1H3,(H,17,18). The molecule has 1 fully saturated rings. The van der Waals surface area contributed by atoms with Crippen molar-refractivity contribution in [3.05, 3.63) is 20.3 Å². The third-order valence-electron chi connectivity index (χ3n) is 4.20. The average Bonchev–Trinajstić information content (AvgIpc) is 2.66. The van der Waals surface area contributed by atoms with Gasteiger partial charge in [-0.25, -0.2) is 0 Å². The first kappa shape index (κ1) is 15.0. The zero-order chi connectivity index (χ0) is 13.9. The quantitative estimate of drug-likeness (QED) is 0.799. The van der Waals surface area contributed by atoms with Gasteiger partial charge in [-0.15, -0.1) is 11.3 Å². The van der Waals surface area contributed by atoms with E-state index in [9.17, 15) is 9.90 Å². The van der Waals surface area contributed by atoms with Crippen molar-refractivity contribution in [1.29, 1.82) is 0 Å². The Balaban J connectivity index is 2.03. The highest BCUT2D eigenvalue weighted by molar-refractivity contribution is 9.10. The van der Waals surface area contributed by atoms with Crippen LogP contribution in [0.4, 0.5) is 0 Å². The van der Waals surface area contributed by atoms with Gasteiger partial charge in [0, 0.05) is 14.2 Å². The molecule has 1 aliphatic rings. The van der Waals surface area contributed by atoms with Gasteiger partial charge in [0.05, 0.1) is 6.42 Å². The number of hydrogen-bond donors (Lipinski definition) is 1. The largest absolute Gasteiger partial charge is 0.481 e. The molecule has 0 atom stereocenters. The number of rotatable bonds is 5. The highest BCUT2D eigenvalue weighted by Gasteiger charge is 2.34. The minimum absolute atomic E-state index is 0.0431. The van der Waals surface area contributed by atoms with Gasteiger partial charge in [0.25, 0.3) is 0 Å². The summed E-state index contributed by atoms with van der Waals surface area (Å²) in [6, 6.07) is 2.16. The van der Waals surface area contributed by atoms with Crippen molar-refractivity contribution in [3.63, 3.8) is 0 Å². The van der Waals surface area contributed by atoms with Crippen LogP contribution < -0.4 is 0 Å². The molecule has 0 saturated heterocycles. The predicted molar refractivity (Wildman–Crippen MR) is 82.8 cm³/mol. The van der Waals surface area contributed by atoms with Gasteiger partial charge in [0.2, 0.25) is 0 Å². The maximum absolute atomic E-state index is 11.1. The SMILES string of the molecule is Cc1cc(Br)c(CCC2(CC(=O)O)CCCCC2)s1. The molecule has 0 amide bonds. The monoisotopic (exact) mass is 344 g/mol. The summed E-state index contributed by atoms with van der Waals surface area (Å²) in [6.07, 6.45) is 8.18. The van der Waals surface area contributed by atoms with Crippen LogP contribution in [0.3, 0.4) is 0 Å². The number of carboxylic acid groups (broad SMARTS) is 1. The molecule has 1 aromatic rings. The fourth-order valence-electron chi connectivity index (χ4n) is 3.22. The first-order valence-corrected chi connectivity index (χ1v) is 8.58. The topological polar surface area (TPSA) is 37.3 Å². The molecule has 1 aliphatic carbocycles. The van der Waals surface area contributed by atoms with E-state index in [0.717, 1.165) is 25.7 Å². The molecule has 1 aromatic heterocycles. The Kier molecular flexibility index (Phi) is 5.07. The van der Waals surface area contributed by atoms with Gasteiger partial charge in [-0.2, -0.15) is 0 Å². The molecule has 1 heterocycles. The maximum atomic E-state index is 11.1. The average molecular weight is 345 g/mol. The molecule has 0 spiro atoms. The molecule has 0 aromatic carbocycles. The van der Waals surface area contributed by atoms with Crippen LogP contribution >= 0.6 is 27.3 Å². The summed E-state index contributed by atoms with van der Waals surface area (Å²) in [4.78, 5) is 13.8. The minimum atomic E-state index is -0.636. The van der Waals surface area contributed by atoms with Crippen molar-refractivity contribution < 1.29 is 9.90 Å². The number of thiophene rings is 1. The summed E-state index contributed by atoms with van der Waals surface area (Å²) >= 11 is 5.43. The predicted octanol–water partition coefficient (Wildman–Crippen LogP) is 5.18. The fraction of sp³-hybridized carbons (Fsp3) is 0.667. The van der Waals surface area contributed by atoms with Gasteiger partial charge in [-0.3, -0.25) is 4.79 Å². The van der Waals surface area contributed by atoms with E-state index in [0.29, 0.717) is 6.42 Å². The zero-order valence-corrected chi connectivity index (χ0v) is 13.8. The zero-order valence-electron chi connectivity index (χ0n) is 11.4. The third-order valence-corrected chi connectivity index (χ3v) is 6.28. The Bertz CT molecular complexity index is 447. The molecule has 2 rings (SSSR count). The van der Waals surface area contributed by atoms with Crippen molar-refractivity contribution in [1.82, 2.24) is 0 Å². The lowest BCUT2D eigenvalue weighted by molar-refractivity contribution is -0.140. The molecule has 0 aliphatic heterocycles. The summed E-state index contributed by atoms with van der Waals surface area (Å²) in [6.45, 7) is 2.12. The summed E-state index contributed by atoms with van der Waals surface area (Å²) in [7, 11) is 0. The first-order valence-electron chi connectivity index (χ1n) is 6.97. The van der Waals surface area contributed by atoms with Crippen molar-refractivity contribution >= 4 is 33.2 Å². The number of carbonyl (C=O) groups is 1. The van der Waals surface area contributed by atoms with Crippen LogP contribution in [0.5, 0.6) is 0 Å². The second kappa shape index (κ2) is 6.40. The van der Waals surface area contributed by atoms with Gasteiger partial charge < -0.3 is 5.11 Å². The van der Waals surface area contributed by atoms with Gasteiger partial charge in [0.1, 0.15) is 0 Å². The molecule has 0 bridgehead atoms. The Morgan fingerprint density at radius 2 is 2.11 bits per heavy atom. The number of halogens is 1. The summed E-state index contributed by atoms with van der Waals surface area (Å²) in [5.41, 5.74) is 0.0431. The van der Waals surface area contributed by atoms with Crippen LogP contribution in [0.25, 0.3) is 0 Å². The third kappa shape index (κ3) is 4.06. The molecule has 0 radical (unpaired) electrons. The van der Waals surface area contributed by atoms with E-state index in [4.69, 9.17) is 0 Å². The van der Waals surface area contributed by atoms with Crippen LogP contribution in [-0.2, 0) is 11.2 Å². The van der Waals surface area contributed by atoms with Gasteiger partial charge in [-0.05, 0) is 60.0 Å². The molecule has 106 valence electrons. The van der Waals surface area contributed by atoms with E-state index < -0.39 is 5.97 Å². The Morgan fingerprint density at radius 1 is 1.42 bits per heavy atom. The summed E-state index contributed by atoms with van der Waals surface area (Å²) in [5, 5.41) is 9.18. The lowest BCUT2D eigenvalue weighted by Gasteiger charge is -2.36. The van der Waals surface area contributed by atoms with Gasteiger partial charge >= 0.3 is 5.97 Å². The molecule has 4 heteroatoms. The molecular formula is C15H21BrO2S. The minimum Gasteiger partial charge on any atom is -0.481 e. The smallest absolute Gasteiger partial charge is 0.303 e. The van der Waals surface area contributed by atoms with Gasteiger partial charge in [0.15, 0.2) is 0 Å². The van der Waals surface area contributed by atoms with E-state index in [1.807, 2.05) is 11.3 Å². The second-order valence-electron chi connectivity index (χ2n) is 5.76. The lowest BCUT2D eigenvalue weighted by atomic mass is 9.69. The van der Waals surface area contributed by atoms with Crippen LogP contribution in [0, 0.1) is 12.3 Å². The molecular weight excluding hydrogens is 324 g/mol. The molecule has 19 heavy (non-hydrogen) atoms. The number of aryl methyl sites for hydroxylation is 2. The van der Waals surface area contributed by atoms with Crippen LogP contribution in [-0.4, -0.2) is 11.1 Å². The highest BCUT2D eigenvalue weighted by atomic mass is 79.9. The van der Waals surface area contributed by atoms with Crippen LogP contribution in [0.15, 0.2) is 10.5 Å². The number of hydrogen-bond acceptors (Lipinski definition) is 2. The molecule has 1 saturated carbocycles. The van der Waals surface area contributed by atoms with Crippen molar-refractivity contribution in [2.75, 3.05) is 0 Å². The van der Waals surface area contributed by atoms with E-state index in [2.05, 4.69) is 28.9 Å². The van der Waals surface area contributed by atoms with E-state index in [-0.39, 0.29) is 5.41 Å². The molecule has 2 nitrogen and oxygen atoms in total. The number of carboxylic acids is 1. The summed E-state index contributed by atoms with van der Waals surface area (Å²) in [5.74, 6) is -0.636. The maximum Gasteiger partial charge on any atom is 0.303 e. The van der Waals surface area contributed by atoms with Crippen molar-refractivity contribution in [3.8, 4) is 0 Å². The van der Waals surface area contributed by atoms with Gasteiger partial charge in [-0.1, -0.05) is 19.3 Å². The van der Waals surface area contributed by atoms with Crippen LogP contribution in [0.1, 0.15) is 54.7 Å². The lowest BCUT2D eigenvalue weighted by Crippen LogP contribution is -2.28. The molecule has 1 N–H and O–H groups in total. The first-order chi connectivity index (χ1) is 9.01. The Hall–Kier alpha value is -0.350. The summed E-state index contributed by atoms with van der Waals surface area (Å²) < 4.78 is 1.19. The molecule has 0 unspecified atom stereocenters. The highest BCUT2D eigenvalue weighted by Crippen LogP contribution is 2.44. The van der Waals surface area contributed by atoms with E-state index in [1.165, 1.54) is 33.5 Å². The normalized spacial score (nSPS) is 18.4. The second-order valence-corrected chi connectivity index (χ2v) is 7.95. The van der Waals surface area contributed by atoms with Crippen molar-refractivity contribution in [2.24, 2.45) is 5.41 Å². The fourth-order valence-corrected chi connectivity index (χ4v) is 5.08. The van der Waals surface area contributed by atoms with Crippen LogP contribution in [0.2, 0.25) is 0 Å². The Labute approximate surface area is 127 Å². The number of aliphatic carboxylic acids is 1. The Morgan fingerprint density at radius 3 is 2.63 bits per heavy atom. The van der Waals surface area contributed by atoms with Crippen molar-refractivity contribution in [2.45, 2.75) is 58.3 Å². The van der Waals surface area contributed by atoms with E-state index >= 15 is 0 Å². The van der Waals surface area contributed by atoms with E-state index in [1.54, 1.807) is 0 Å².